The number of benzene rings is 1. The highest BCUT2D eigenvalue weighted by atomic mass is 16.2. The van der Waals surface area contributed by atoms with E-state index in [0.717, 1.165) is 25.9 Å². The van der Waals surface area contributed by atoms with Gasteiger partial charge in [0.15, 0.2) is 0 Å². The second-order valence-electron chi connectivity index (χ2n) is 6.60. The van der Waals surface area contributed by atoms with Crippen LogP contribution in [-0.2, 0) is 6.54 Å². The summed E-state index contributed by atoms with van der Waals surface area (Å²) in [5.41, 5.74) is 3.59. The minimum Gasteiger partial charge on any atom is -0.348 e. The molecule has 1 atom stereocenters. The molecule has 1 aromatic heterocycles. The van der Waals surface area contributed by atoms with Crippen molar-refractivity contribution in [1.29, 1.82) is 0 Å². The summed E-state index contributed by atoms with van der Waals surface area (Å²) < 4.78 is 2.26. The molecule has 2 amide bonds. The lowest BCUT2D eigenvalue weighted by Crippen LogP contribution is -2.49. The van der Waals surface area contributed by atoms with Gasteiger partial charge in [-0.3, -0.25) is 0 Å². The zero-order valence-corrected chi connectivity index (χ0v) is 14.8. The fourth-order valence-electron chi connectivity index (χ4n) is 3.45. The number of hydrogen-bond donors (Lipinski definition) is 1. The molecule has 2 heterocycles. The second kappa shape index (κ2) is 7.12. The first-order chi connectivity index (χ1) is 11.6. The highest BCUT2D eigenvalue weighted by molar-refractivity contribution is 5.76. The number of amides is 2. The topological polar surface area (TPSA) is 37.3 Å². The smallest absolute Gasteiger partial charge is 0.318 e. The zero-order chi connectivity index (χ0) is 17.1. The number of nitrogens with one attached hydrogen (secondary N) is 1. The highest BCUT2D eigenvalue weighted by Crippen LogP contribution is 2.32. The molecular formula is C20H27N3O. The number of urea groups is 1. The lowest BCUT2D eigenvalue weighted by atomic mass is 9.99. The molecule has 0 spiro atoms. The fourth-order valence-corrected chi connectivity index (χ4v) is 3.45. The van der Waals surface area contributed by atoms with Gasteiger partial charge in [-0.2, -0.15) is 0 Å². The van der Waals surface area contributed by atoms with Crippen LogP contribution in [0.15, 0.2) is 42.6 Å². The van der Waals surface area contributed by atoms with Gasteiger partial charge in [-0.25, -0.2) is 4.79 Å². The lowest BCUT2D eigenvalue weighted by Gasteiger charge is -2.38. The van der Waals surface area contributed by atoms with Crippen LogP contribution in [-0.4, -0.2) is 28.1 Å². The normalized spacial score (nSPS) is 17.0. The molecule has 1 N–H and O–H groups in total. The van der Waals surface area contributed by atoms with Crippen molar-refractivity contribution < 1.29 is 4.79 Å². The van der Waals surface area contributed by atoms with Crippen LogP contribution < -0.4 is 5.32 Å². The van der Waals surface area contributed by atoms with Crippen molar-refractivity contribution in [1.82, 2.24) is 14.8 Å². The van der Waals surface area contributed by atoms with Crippen LogP contribution in [0, 0.1) is 6.92 Å². The van der Waals surface area contributed by atoms with Crippen molar-refractivity contribution in [2.24, 2.45) is 0 Å². The first kappa shape index (κ1) is 16.6. The van der Waals surface area contributed by atoms with Gasteiger partial charge in [0, 0.05) is 31.0 Å². The van der Waals surface area contributed by atoms with Gasteiger partial charge < -0.3 is 14.8 Å². The van der Waals surface area contributed by atoms with Crippen LogP contribution in [0.2, 0.25) is 0 Å². The van der Waals surface area contributed by atoms with Gasteiger partial charge in [0.1, 0.15) is 0 Å². The molecule has 0 bridgehead atoms. The maximum absolute atomic E-state index is 12.9. The van der Waals surface area contributed by atoms with Crippen LogP contribution in [0.25, 0.3) is 0 Å². The number of rotatable bonds is 4. The Morgan fingerprint density at radius 2 is 1.88 bits per heavy atom. The maximum atomic E-state index is 12.9. The number of fused-ring (bicyclic) bond motifs is 1. The third kappa shape index (κ3) is 3.18. The molecule has 0 aliphatic carbocycles. The predicted molar refractivity (Wildman–Crippen MR) is 97.1 cm³/mol. The Morgan fingerprint density at radius 1 is 1.17 bits per heavy atom. The van der Waals surface area contributed by atoms with E-state index >= 15 is 0 Å². The first-order valence-electron chi connectivity index (χ1n) is 8.92. The van der Waals surface area contributed by atoms with Crippen LogP contribution in [0.3, 0.4) is 0 Å². The summed E-state index contributed by atoms with van der Waals surface area (Å²) >= 11 is 0. The number of hydrogen-bond acceptors (Lipinski definition) is 1. The van der Waals surface area contributed by atoms with Crippen molar-refractivity contribution in [3.63, 3.8) is 0 Å². The van der Waals surface area contributed by atoms with E-state index < -0.39 is 0 Å². The van der Waals surface area contributed by atoms with E-state index in [9.17, 15) is 4.79 Å². The Hall–Kier alpha value is -2.23. The Morgan fingerprint density at radius 3 is 2.54 bits per heavy atom. The molecule has 0 fully saturated rings. The van der Waals surface area contributed by atoms with Crippen molar-refractivity contribution in [2.45, 2.75) is 52.2 Å². The number of carbonyl (C=O) groups excluding carboxylic acids is 1. The van der Waals surface area contributed by atoms with E-state index in [4.69, 9.17) is 0 Å². The van der Waals surface area contributed by atoms with E-state index in [1.165, 1.54) is 16.8 Å². The van der Waals surface area contributed by atoms with Crippen molar-refractivity contribution in [2.75, 3.05) is 6.54 Å². The Balaban J connectivity index is 1.92. The third-order valence-corrected chi connectivity index (χ3v) is 5.01. The SMILES string of the molecule is CCC(CC)NC(=O)N1CCn2cccc2[C@@H]1c1ccc(C)cc1. The summed E-state index contributed by atoms with van der Waals surface area (Å²) in [5.74, 6) is 0. The van der Waals surface area contributed by atoms with Crippen molar-refractivity contribution >= 4 is 6.03 Å². The standard InChI is InChI=1S/C20H27N3O/c1-4-17(5-2)21-20(24)23-14-13-22-12-6-7-18(22)19(23)16-10-8-15(3)9-11-16/h6-12,17,19H,4-5,13-14H2,1-3H3,(H,21,24)/t19-/m0/s1. The van der Waals surface area contributed by atoms with Gasteiger partial charge >= 0.3 is 6.03 Å². The summed E-state index contributed by atoms with van der Waals surface area (Å²) in [6, 6.07) is 13.0. The van der Waals surface area contributed by atoms with Gasteiger partial charge in [0.25, 0.3) is 0 Å². The summed E-state index contributed by atoms with van der Waals surface area (Å²) in [6.45, 7) is 7.90. The Bertz CT molecular complexity index is 685. The molecule has 0 unspecified atom stereocenters. The number of aryl methyl sites for hydroxylation is 1. The van der Waals surface area contributed by atoms with Gasteiger partial charge in [-0.1, -0.05) is 43.7 Å². The monoisotopic (exact) mass is 325 g/mol. The molecule has 1 aromatic carbocycles. The summed E-state index contributed by atoms with van der Waals surface area (Å²) in [6.07, 6.45) is 4.02. The lowest BCUT2D eigenvalue weighted by molar-refractivity contribution is 0.164. The van der Waals surface area contributed by atoms with E-state index in [1.54, 1.807) is 0 Å². The van der Waals surface area contributed by atoms with Crippen LogP contribution >= 0.6 is 0 Å². The summed E-state index contributed by atoms with van der Waals surface area (Å²) in [4.78, 5) is 14.9. The zero-order valence-electron chi connectivity index (χ0n) is 14.8. The number of aromatic nitrogens is 1. The summed E-state index contributed by atoms with van der Waals surface area (Å²) in [5, 5.41) is 3.20. The molecule has 3 rings (SSSR count). The molecule has 0 saturated carbocycles. The number of nitrogens with zero attached hydrogens (tertiary/aromatic N) is 2. The van der Waals surface area contributed by atoms with Crippen LogP contribution in [0.4, 0.5) is 4.79 Å². The van der Waals surface area contributed by atoms with Gasteiger partial charge in [-0.15, -0.1) is 0 Å². The fraction of sp³-hybridized carbons (Fsp3) is 0.450. The third-order valence-electron chi connectivity index (χ3n) is 5.01. The minimum atomic E-state index is -0.0243. The average molecular weight is 325 g/mol. The Labute approximate surface area is 144 Å². The predicted octanol–water partition coefficient (Wildman–Crippen LogP) is 4.10. The number of carbonyl (C=O) groups is 1. The molecule has 128 valence electrons. The molecule has 0 radical (unpaired) electrons. The molecule has 2 aromatic rings. The molecule has 1 aliphatic heterocycles. The molecule has 24 heavy (non-hydrogen) atoms. The van der Waals surface area contributed by atoms with E-state index in [2.05, 4.69) is 73.3 Å². The quantitative estimate of drug-likeness (QED) is 0.903. The van der Waals surface area contributed by atoms with Crippen molar-refractivity contribution in [3.05, 3.63) is 59.4 Å². The van der Waals surface area contributed by atoms with Gasteiger partial charge in [0.2, 0.25) is 0 Å². The molecule has 4 nitrogen and oxygen atoms in total. The van der Waals surface area contributed by atoms with Crippen LogP contribution in [0.5, 0.6) is 0 Å². The average Bonchev–Trinajstić information content (AvgIpc) is 3.08. The largest absolute Gasteiger partial charge is 0.348 e. The van der Waals surface area contributed by atoms with E-state index in [-0.39, 0.29) is 18.1 Å². The minimum absolute atomic E-state index is 0.0243. The highest BCUT2D eigenvalue weighted by Gasteiger charge is 2.32. The van der Waals surface area contributed by atoms with E-state index in [1.807, 2.05) is 4.90 Å². The molecular weight excluding hydrogens is 298 g/mol. The molecule has 0 saturated heterocycles. The Kier molecular flexibility index (Phi) is 4.93. The molecule has 4 heteroatoms. The second-order valence-corrected chi connectivity index (χ2v) is 6.60. The molecule has 1 aliphatic rings. The van der Waals surface area contributed by atoms with Gasteiger partial charge in [0.05, 0.1) is 6.04 Å². The van der Waals surface area contributed by atoms with E-state index in [0.29, 0.717) is 0 Å². The van der Waals surface area contributed by atoms with Crippen molar-refractivity contribution in [3.8, 4) is 0 Å². The summed E-state index contributed by atoms with van der Waals surface area (Å²) in [7, 11) is 0. The first-order valence-corrected chi connectivity index (χ1v) is 8.92. The maximum Gasteiger partial charge on any atom is 0.318 e. The van der Waals surface area contributed by atoms with Gasteiger partial charge in [-0.05, 0) is 37.5 Å². The van der Waals surface area contributed by atoms with Crippen LogP contribution in [0.1, 0.15) is 49.6 Å².